The normalized spacial score (nSPS) is 18.8. The van der Waals surface area contributed by atoms with Gasteiger partial charge in [-0.3, -0.25) is 0 Å². The molecule has 0 spiro atoms. The fraction of sp³-hybridized carbons (Fsp3) is 0.727. The van der Waals surface area contributed by atoms with Crippen LogP contribution in [-0.2, 0) is 4.74 Å². The molecule has 0 N–H and O–H groups in total. The van der Waals surface area contributed by atoms with Crippen molar-refractivity contribution in [3.63, 3.8) is 0 Å². The Morgan fingerprint density at radius 1 is 1.28 bits per heavy atom. The Morgan fingerprint density at radius 3 is 2.61 bits per heavy atom. The highest BCUT2D eigenvalue weighted by Gasteiger charge is 2.33. The Balaban J connectivity index is 2.37. The van der Waals surface area contributed by atoms with E-state index in [1.807, 2.05) is 19.0 Å². The third-order valence-corrected chi connectivity index (χ3v) is 3.04. The van der Waals surface area contributed by atoms with E-state index in [0.717, 1.165) is 6.54 Å². The summed E-state index contributed by atoms with van der Waals surface area (Å²) in [5.74, 6) is 1.17. The van der Waals surface area contributed by atoms with Gasteiger partial charge in [-0.25, -0.2) is 0 Å². The van der Waals surface area contributed by atoms with Crippen LogP contribution in [0.3, 0.4) is 0 Å². The molecular formula is C11H18ClN5O. The molecule has 1 aliphatic heterocycles. The minimum Gasteiger partial charge on any atom is -0.377 e. The van der Waals surface area contributed by atoms with Gasteiger partial charge in [-0.05, 0) is 25.4 Å². The highest BCUT2D eigenvalue weighted by atomic mass is 35.5. The van der Waals surface area contributed by atoms with E-state index in [1.165, 1.54) is 0 Å². The first-order chi connectivity index (χ1) is 8.40. The van der Waals surface area contributed by atoms with Crippen molar-refractivity contribution in [2.75, 3.05) is 43.7 Å². The maximum absolute atomic E-state index is 5.96. The predicted molar refractivity (Wildman–Crippen MR) is 71.4 cm³/mol. The zero-order chi connectivity index (χ0) is 13.3. The summed E-state index contributed by atoms with van der Waals surface area (Å²) in [6.07, 6.45) is 0. The van der Waals surface area contributed by atoms with Crippen LogP contribution in [0.15, 0.2) is 0 Å². The minimum atomic E-state index is -0.146. The van der Waals surface area contributed by atoms with Gasteiger partial charge in [0.25, 0.3) is 0 Å². The first-order valence-electron chi connectivity index (χ1n) is 5.84. The van der Waals surface area contributed by atoms with Crippen molar-refractivity contribution in [1.82, 2.24) is 15.0 Å². The van der Waals surface area contributed by atoms with Gasteiger partial charge in [0.15, 0.2) is 0 Å². The van der Waals surface area contributed by atoms with Crippen molar-refractivity contribution in [2.45, 2.75) is 19.4 Å². The first kappa shape index (κ1) is 13.3. The summed E-state index contributed by atoms with van der Waals surface area (Å²) in [7, 11) is 3.75. The quantitative estimate of drug-likeness (QED) is 0.806. The second-order valence-electron chi connectivity index (χ2n) is 5.12. The molecule has 1 saturated heterocycles. The fourth-order valence-corrected chi connectivity index (χ4v) is 2.03. The van der Waals surface area contributed by atoms with Gasteiger partial charge in [-0.2, -0.15) is 15.0 Å². The molecule has 1 fully saturated rings. The lowest BCUT2D eigenvalue weighted by atomic mass is 10.0. The van der Waals surface area contributed by atoms with Crippen molar-refractivity contribution in [2.24, 2.45) is 0 Å². The zero-order valence-electron chi connectivity index (χ0n) is 11.1. The number of morpholine rings is 1. The van der Waals surface area contributed by atoms with Crippen molar-refractivity contribution in [3.8, 4) is 0 Å². The van der Waals surface area contributed by atoms with Crippen LogP contribution < -0.4 is 9.80 Å². The first-order valence-corrected chi connectivity index (χ1v) is 6.22. The van der Waals surface area contributed by atoms with Crippen LogP contribution in [0, 0.1) is 0 Å². The van der Waals surface area contributed by atoms with Crippen LogP contribution in [0.25, 0.3) is 0 Å². The monoisotopic (exact) mass is 271 g/mol. The number of halogens is 1. The molecule has 1 aromatic heterocycles. The summed E-state index contributed by atoms with van der Waals surface area (Å²) >= 11 is 5.96. The smallest absolute Gasteiger partial charge is 0.232 e. The molecule has 1 aliphatic rings. The van der Waals surface area contributed by atoms with Gasteiger partial charge in [0.05, 0.1) is 18.8 Å². The van der Waals surface area contributed by atoms with E-state index >= 15 is 0 Å². The third-order valence-electron chi connectivity index (χ3n) is 2.87. The van der Waals surface area contributed by atoms with E-state index in [0.29, 0.717) is 25.1 Å². The van der Waals surface area contributed by atoms with E-state index in [1.54, 1.807) is 0 Å². The molecule has 0 saturated carbocycles. The SMILES string of the molecule is CN(C)c1nc(Cl)nc(N2CCOCC2(C)C)n1. The maximum Gasteiger partial charge on any atom is 0.232 e. The molecule has 0 atom stereocenters. The second-order valence-corrected chi connectivity index (χ2v) is 5.45. The summed E-state index contributed by atoms with van der Waals surface area (Å²) < 4.78 is 5.49. The van der Waals surface area contributed by atoms with Crippen LogP contribution in [-0.4, -0.2) is 54.3 Å². The largest absolute Gasteiger partial charge is 0.377 e. The average molecular weight is 272 g/mol. The van der Waals surface area contributed by atoms with Gasteiger partial charge in [0, 0.05) is 20.6 Å². The number of anilines is 2. The van der Waals surface area contributed by atoms with Crippen LogP contribution in [0.1, 0.15) is 13.8 Å². The molecule has 2 rings (SSSR count). The molecule has 0 aromatic carbocycles. The van der Waals surface area contributed by atoms with Crippen molar-refractivity contribution in [1.29, 1.82) is 0 Å². The second kappa shape index (κ2) is 4.85. The molecular weight excluding hydrogens is 254 g/mol. The Morgan fingerprint density at radius 2 is 2.00 bits per heavy atom. The van der Waals surface area contributed by atoms with E-state index in [2.05, 4.69) is 33.7 Å². The van der Waals surface area contributed by atoms with E-state index in [-0.39, 0.29) is 10.8 Å². The predicted octanol–water partition coefficient (Wildman–Crippen LogP) is 1.21. The van der Waals surface area contributed by atoms with E-state index in [4.69, 9.17) is 16.3 Å². The molecule has 7 heteroatoms. The van der Waals surface area contributed by atoms with Crippen molar-refractivity contribution in [3.05, 3.63) is 5.28 Å². The van der Waals surface area contributed by atoms with E-state index in [9.17, 15) is 0 Å². The fourth-order valence-electron chi connectivity index (χ4n) is 1.88. The molecule has 18 heavy (non-hydrogen) atoms. The molecule has 0 amide bonds. The summed E-state index contributed by atoms with van der Waals surface area (Å²) in [5.41, 5.74) is -0.146. The standard InChI is InChI=1S/C11H18ClN5O/c1-11(2)7-18-6-5-17(11)10-14-8(12)13-9(15-10)16(3)4/h5-7H2,1-4H3. The van der Waals surface area contributed by atoms with Gasteiger partial charge in [-0.1, -0.05) is 0 Å². The summed E-state index contributed by atoms with van der Waals surface area (Å²) in [5, 5.41) is 0.214. The number of hydrogen-bond donors (Lipinski definition) is 0. The topological polar surface area (TPSA) is 54.4 Å². The van der Waals surface area contributed by atoms with Gasteiger partial charge >= 0.3 is 0 Å². The molecule has 100 valence electrons. The van der Waals surface area contributed by atoms with Gasteiger partial charge in [0.1, 0.15) is 0 Å². The molecule has 0 unspecified atom stereocenters. The van der Waals surface area contributed by atoms with Crippen LogP contribution in [0.2, 0.25) is 5.28 Å². The average Bonchev–Trinajstić information content (AvgIpc) is 2.27. The third kappa shape index (κ3) is 2.64. The zero-order valence-corrected chi connectivity index (χ0v) is 11.9. The number of rotatable bonds is 2. The summed E-state index contributed by atoms with van der Waals surface area (Å²) in [6.45, 7) is 6.26. The molecule has 0 bridgehead atoms. The lowest BCUT2D eigenvalue weighted by Crippen LogP contribution is -2.54. The Labute approximate surface area is 112 Å². The summed E-state index contributed by atoms with van der Waals surface area (Å²) in [4.78, 5) is 16.7. The van der Waals surface area contributed by atoms with E-state index < -0.39 is 0 Å². The molecule has 2 heterocycles. The van der Waals surface area contributed by atoms with Crippen molar-refractivity contribution >= 4 is 23.5 Å². The Kier molecular flexibility index (Phi) is 3.59. The van der Waals surface area contributed by atoms with Gasteiger partial charge < -0.3 is 14.5 Å². The number of hydrogen-bond acceptors (Lipinski definition) is 6. The maximum atomic E-state index is 5.96. The Hall–Kier alpha value is -1.14. The lowest BCUT2D eigenvalue weighted by molar-refractivity contribution is 0.0633. The van der Waals surface area contributed by atoms with Crippen LogP contribution in [0.5, 0.6) is 0 Å². The lowest BCUT2D eigenvalue weighted by Gasteiger charge is -2.42. The summed E-state index contributed by atoms with van der Waals surface area (Å²) in [6, 6.07) is 0. The minimum absolute atomic E-state index is 0.146. The number of nitrogens with zero attached hydrogens (tertiary/aromatic N) is 5. The van der Waals surface area contributed by atoms with Gasteiger partial charge in [0.2, 0.25) is 17.2 Å². The van der Waals surface area contributed by atoms with Gasteiger partial charge in [-0.15, -0.1) is 0 Å². The Bertz CT molecular complexity index is 437. The molecule has 1 aromatic rings. The highest BCUT2D eigenvalue weighted by molar-refractivity contribution is 6.28. The molecule has 0 aliphatic carbocycles. The number of ether oxygens (including phenoxy) is 1. The van der Waals surface area contributed by atoms with Crippen LogP contribution >= 0.6 is 11.6 Å². The van der Waals surface area contributed by atoms with Crippen molar-refractivity contribution < 1.29 is 4.74 Å². The molecule has 0 radical (unpaired) electrons. The molecule has 6 nitrogen and oxygen atoms in total. The van der Waals surface area contributed by atoms with Crippen LogP contribution in [0.4, 0.5) is 11.9 Å². The highest BCUT2D eigenvalue weighted by Crippen LogP contribution is 2.25. The number of aromatic nitrogens is 3.